The average Bonchev–Trinajstić information content (AvgIpc) is 3.11. The molecule has 0 spiro atoms. The Kier molecular flexibility index (Phi) is 5.24. The minimum atomic E-state index is 0.303. The molecule has 2 aromatic carbocycles. The first-order chi connectivity index (χ1) is 13.7. The molecule has 0 saturated carbocycles. The van der Waals surface area contributed by atoms with Crippen molar-refractivity contribution in [2.45, 2.75) is 26.3 Å². The lowest BCUT2D eigenvalue weighted by Crippen LogP contribution is -2.14. The Balaban J connectivity index is 1.53. The fourth-order valence-electron chi connectivity index (χ4n) is 3.30. The monoisotopic (exact) mass is 371 g/mol. The van der Waals surface area contributed by atoms with E-state index in [1.807, 2.05) is 30.3 Å². The van der Waals surface area contributed by atoms with E-state index < -0.39 is 0 Å². The maximum atomic E-state index is 4.72. The zero-order valence-corrected chi connectivity index (χ0v) is 16.2. The highest BCUT2D eigenvalue weighted by atomic mass is 15.1. The topological polar surface area (TPSA) is 65.6 Å². The van der Waals surface area contributed by atoms with E-state index in [-0.39, 0.29) is 0 Å². The number of hydrogen-bond donors (Lipinski definition) is 3. The number of hydrogen-bond acceptors (Lipinski definition) is 4. The minimum Gasteiger partial charge on any atom is -0.368 e. The molecule has 0 aliphatic heterocycles. The van der Waals surface area contributed by atoms with Gasteiger partial charge in [0, 0.05) is 41.3 Å². The van der Waals surface area contributed by atoms with E-state index in [2.05, 4.69) is 71.0 Å². The normalized spacial score (nSPS) is 11.1. The molecule has 28 heavy (non-hydrogen) atoms. The smallest absolute Gasteiger partial charge is 0.225 e. The quantitative estimate of drug-likeness (QED) is 0.423. The van der Waals surface area contributed by atoms with Crippen LogP contribution in [0.15, 0.2) is 66.9 Å². The van der Waals surface area contributed by atoms with Crippen molar-refractivity contribution in [1.82, 2.24) is 15.0 Å². The van der Waals surface area contributed by atoms with E-state index in [1.165, 1.54) is 16.5 Å². The molecular formula is C23H25N5. The number of benzene rings is 2. The van der Waals surface area contributed by atoms with Crippen LogP contribution in [0, 0.1) is 0 Å². The van der Waals surface area contributed by atoms with Gasteiger partial charge in [-0.2, -0.15) is 4.98 Å². The Bertz CT molecular complexity index is 1050. The molecular weight excluding hydrogens is 346 g/mol. The predicted molar refractivity (Wildman–Crippen MR) is 117 cm³/mol. The fraction of sp³-hybridized carbons (Fsp3) is 0.217. The summed E-state index contributed by atoms with van der Waals surface area (Å²) in [6.45, 7) is 4.98. The second-order valence-electron chi connectivity index (χ2n) is 7.16. The van der Waals surface area contributed by atoms with E-state index in [9.17, 15) is 0 Å². The Labute approximate surface area is 165 Å². The molecule has 2 heterocycles. The molecule has 5 heteroatoms. The number of fused-ring (bicyclic) bond motifs is 1. The van der Waals surface area contributed by atoms with Gasteiger partial charge in [-0.1, -0.05) is 48.5 Å². The number of H-pyrrole nitrogens is 1. The van der Waals surface area contributed by atoms with Crippen LogP contribution in [0.25, 0.3) is 22.2 Å². The van der Waals surface area contributed by atoms with Crippen molar-refractivity contribution in [3.8, 4) is 11.3 Å². The van der Waals surface area contributed by atoms with Crippen LogP contribution in [0.2, 0.25) is 0 Å². The number of nitrogens with one attached hydrogen (secondary N) is 3. The number of anilines is 2. The van der Waals surface area contributed by atoms with E-state index in [1.54, 1.807) is 0 Å². The van der Waals surface area contributed by atoms with Crippen LogP contribution in [0.5, 0.6) is 0 Å². The number of aromatic nitrogens is 3. The van der Waals surface area contributed by atoms with E-state index in [0.29, 0.717) is 12.0 Å². The molecule has 0 aliphatic rings. The molecule has 2 aromatic heterocycles. The minimum absolute atomic E-state index is 0.303. The van der Waals surface area contributed by atoms with Crippen LogP contribution in [-0.2, 0) is 6.42 Å². The van der Waals surface area contributed by atoms with Gasteiger partial charge < -0.3 is 15.6 Å². The first-order valence-electron chi connectivity index (χ1n) is 9.69. The second-order valence-corrected chi connectivity index (χ2v) is 7.16. The number of nitrogens with zero attached hydrogens (tertiary/aromatic N) is 2. The molecule has 0 fully saturated rings. The highest BCUT2D eigenvalue weighted by Gasteiger charge is 2.08. The standard InChI is InChI=1S/C23H25N5/c1-16(2)26-22-14-21(17-8-4-3-5-9-17)27-23(28-22)24-13-12-18-15-25-20-11-7-6-10-19(18)20/h3-11,14-16,25H,12-13H2,1-2H3,(H2,24,26,27,28). The summed E-state index contributed by atoms with van der Waals surface area (Å²) in [5.41, 5.74) is 4.45. The molecule has 0 unspecified atom stereocenters. The Hall–Kier alpha value is -3.34. The molecule has 0 amide bonds. The maximum Gasteiger partial charge on any atom is 0.225 e. The predicted octanol–water partition coefficient (Wildman–Crippen LogP) is 5.10. The van der Waals surface area contributed by atoms with Crippen LogP contribution in [0.4, 0.5) is 11.8 Å². The summed E-state index contributed by atoms with van der Waals surface area (Å²) in [5.74, 6) is 1.47. The first kappa shape index (κ1) is 18.0. The van der Waals surface area contributed by atoms with Crippen molar-refractivity contribution >= 4 is 22.7 Å². The number of para-hydroxylation sites is 1. The van der Waals surface area contributed by atoms with Crippen LogP contribution in [-0.4, -0.2) is 27.5 Å². The van der Waals surface area contributed by atoms with Gasteiger partial charge in [0.1, 0.15) is 5.82 Å². The van der Waals surface area contributed by atoms with Crippen LogP contribution >= 0.6 is 0 Å². The average molecular weight is 371 g/mol. The summed E-state index contributed by atoms with van der Waals surface area (Å²) in [7, 11) is 0. The lowest BCUT2D eigenvalue weighted by molar-refractivity contribution is 0.885. The third kappa shape index (κ3) is 4.14. The van der Waals surface area contributed by atoms with Gasteiger partial charge in [-0.15, -0.1) is 0 Å². The Morgan fingerprint density at radius 3 is 2.57 bits per heavy atom. The molecule has 142 valence electrons. The van der Waals surface area contributed by atoms with Crippen molar-refractivity contribution in [1.29, 1.82) is 0 Å². The Morgan fingerprint density at radius 2 is 1.75 bits per heavy atom. The lowest BCUT2D eigenvalue weighted by Gasteiger charge is -2.13. The molecule has 0 aliphatic carbocycles. The van der Waals surface area contributed by atoms with E-state index in [0.717, 1.165) is 30.0 Å². The summed E-state index contributed by atoms with van der Waals surface area (Å²) in [6.07, 6.45) is 2.98. The van der Waals surface area contributed by atoms with Gasteiger partial charge in [0.15, 0.2) is 0 Å². The van der Waals surface area contributed by atoms with Crippen LogP contribution in [0.1, 0.15) is 19.4 Å². The summed E-state index contributed by atoms with van der Waals surface area (Å²) >= 11 is 0. The van der Waals surface area contributed by atoms with Gasteiger partial charge >= 0.3 is 0 Å². The molecule has 0 radical (unpaired) electrons. The molecule has 0 bridgehead atoms. The Morgan fingerprint density at radius 1 is 0.964 bits per heavy atom. The molecule has 3 N–H and O–H groups in total. The van der Waals surface area contributed by atoms with Crippen molar-refractivity contribution in [2.75, 3.05) is 17.2 Å². The summed E-state index contributed by atoms with van der Waals surface area (Å²) in [5, 5.41) is 8.05. The van der Waals surface area contributed by atoms with E-state index >= 15 is 0 Å². The molecule has 0 saturated heterocycles. The molecule has 0 atom stereocenters. The summed E-state index contributed by atoms with van der Waals surface area (Å²) in [6, 6.07) is 20.9. The molecule has 4 aromatic rings. The second kappa shape index (κ2) is 8.13. The number of aromatic amines is 1. The van der Waals surface area contributed by atoms with Gasteiger partial charge in [0.25, 0.3) is 0 Å². The largest absolute Gasteiger partial charge is 0.368 e. The lowest BCUT2D eigenvalue weighted by atomic mass is 10.1. The SMILES string of the molecule is CC(C)Nc1cc(-c2ccccc2)nc(NCCc2c[nH]c3ccccc23)n1. The van der Waals surface area contributed by atoms with Gasteiger partial charge in [-0.3, -0.25) is 0 Å². The van der Waals surface area contributed by atoms with Crippen molar-refractivity contribution in [2.24, 2.45) is 0 Å². The third-order valence-electron chi connectivity index (χ3n) is 4.58. The highest BCUT2D eigenvalue weighted by Crippen LogP contribution is 2.22. The number of rotatable bonds is 7. The summed E-state index contributed by atoms with van der Waals surface area (Å²) < 4.78 is 0. The van der Waals surface area contributed by atoms with E-state index in [4.69, 9.17) is 4.98 Å². The van der Waals surface area contributed by atoms with Gasteiger partial charge in [-0.25, -0.2) is 4.98 Å². The molecule has 4 rings (SSSR count). The van der Waals surface area contributed by atoms with Gasteiger partial charge in [0.05, 0.1) is 5.69 Å². The van der Waals surface area contributed by atoms with Crippen molar-refractivity contribution in [3.63, 3.8) is 0 Å². The van der Waals surface area contributed by atoms with Gasteiger partial charge in [-0.05, 0) is 31.9 Å². The van der Waals surface area contributed by atoms with Crippen molar-refractivity contribution < 1.29 is 0 Å². The third-order valence-corrected chi connectivity index (χ3v) is 4.58. The molecule has 5 nitrogen and oxygen atoms in total. The highest BCUT2D eigenvalue weighted by molar-refractivity contribution is 5.83. The van der Waals surface area contributed by atoms with Crippen LogP contribution in [0.3, 0.4) is 0 Å². The fourth-order valence-corrected chi connectivity index (χ4v) is 3.30. The zero-order valence-electron chi connectivity index (χ0n) is 16.2. The van der Waals surface area contributed by atoms with Gasteiger partial charge in [0.2, 0.25) is 5.95 Å². The zero-order chi connectivity index (χ0) is 19.3. The maximum absolute atomic E-state index is 4.72. The first-order valence-corrected chi connectivity index (χ1v) is 9.69. The van der Waals surface area contributed by atoms with Crippen LogP contribution < -0.4 is 10.6 Å². The summed E-state index contributed by atoms with van der Waals surface area (Å²) in [4.78, 5) is 12.7. The van der Waals surface area contributed by atoms with Crippen molar-refractivity contribution in [3.05, 3.63) is 72.4 Å².